The van der Waals surface area contributed by atoms with Gasteiger partial charge in [-0.1, -0.05) is 0 Å². The number of likely N-dealkylation sites (N-methyl/N-ethyl adjacent to an activating group) is 1. The molecular weight excluding hydrogens is 557 g/mol. The third kappa shape index (κ3) is 7.28. The van der Waals surface area contributed by atoms with Gasteiger partial charge >= 0.3 is 18.4 Å². The van der Waals surface area contributed by atoms with Gasteiger partial charge in [0.25, 0.3) is 0 Å². The molecule has 214 valence electrons. The molecule has 0 radical (unpaired) electrons. The van der Waals surface area contributed by atoms with Crippen LogP contribution in [0.4, 0.5) is 46.9 Å². The molecule has 1 heterocycles. The van der Waals surface area contributed by atoms with Gasteiger partial charge in [0.2, 0.25) is 0 Å². The number of alkyl halides is 6. The van der Waals surface area contributed by atoms with Crippen molar-refractivity contribution in [1.29, 1.82) is 0 Å². The first-order chi connectivity index (χ1) is 18.0. The van der Waals surface area contributed by atoms with E-state index in [9.17, 15) is 40.6 Å². The molecule has 0 aliphatic carbocycles. The minimum Gasteiger partial charge on any atom is -0.407 e. The molecule has 7 nitrogen and oxygen atoms in total. The lowest BCUT2D eigenvalue weighted by Gasteiger charge is -2.28. The van der Waals surface area contributed by atoms with E-state index < -0.39 is 52.9 Å². The summed E-state index contributed by atoms with van der Waals surface area (Å²) < 4.78 is 101. The molecule has 0 saturated carbocycles. The van der Waals surface area contributed by atoms with Gasteiger partial charge in [-0.3, -0.25) is 4.90 Å². The van der Waals surface area contributed by atoms with Crippen LogP contribution < -0.4 is 14.5 Å². The predicted molar refractivity (Wildman–Crippen MR) is 133 cm³/mol. The Labute approximate surface area is 224 Å². The van der Waals surface area contributed by atoms with E-state index in [4.69, 9.17) is 17.0 Å². The van der Waals surface area contributed by atoms with E-state index in [-0.39, 0.29) is 43.0 Å². The number of carbonyl (C=O) groups excluding carboxylic acids is 1. The molecule has 1 aliphatic rings. The van der Waals surface area contributed by atoms with Gasteiger partial charge in [0.15, 0.2) is 10.9 Å². The highest BCUT2D eigenvalue weighted by Gasteiger charge is 2.43. The lowest BCUT2D eigenvalue weighted by molar-refractivity contribution is -0.143. The van der Waals surface area contributed by atoms with Crippen LogP contribution in [-0.2, 0) is 12.4 Å². The molecule has 1 atom stereocenters. The Morgan fingerprint density at radius 1 is 1.05 bits per heavy atom. The largest absolute Gasteiger partial charge is 0.420 e. The molecular formula is C24H25F7N4O3S. The van der Waals surface area contributed by atoms with E-state index >= 15 is 0 Å². The third-order valence-corrected chi connectivity index (χ3v) is 6.25. The minimum atomic E-state index is -5.34. The van der Waals surface area contributed by atoms with Gasteiger partial charge in [-0.25, -0.2) is 9.18 Å². The van der Waals surface area contributed by atoms with Crippen LogP contribution in [0.1, 0.15) is 11.1 Å². The van der Waals surface area contributed by atoms with E-state index in [1.807, 2.05) is 0 Å². The van der Waals surface area contributed by atoms with Crippen molar-refractivity contribution in [3.05, 3.63) is 53.3 Å². The maximum absolute atomic E-state index is 14.1. The van der Waals surface area contributed by atoms with Crippen LogP contribution in [0.3, 0.4) is 0 Å². The summed E-state index contributed by atoms with van der Waals surface area (Å²) >= 11 is 5.34. The smallest absolute Gasteiger partial charge is 0.407 e. The number of β-amino-alcohol motifs (C(OH)–C–C–N with tert-alkyl or cyclic N) is 1. The summed E-state index contributed by atoms with van der Waals surface area (Å²) in [6.45, 7) is 0.161. The van der Waals surface area contributed by atoms with E-state index in [0.717, 1.165) is 29.0 Å². The zero-order valence-corrected chi connectivity index (χ0v) is 21.8. The van der Waals surface area contributed by atoms with E-state index in [0.29, 0.717) is 6.07 Å². The number of aliphatic hydroxyl groups is 1. The van der Waals surface area contributed by atoms with Gasteiger partial charge in [0.1, 0.15) is 11.4 Å². The maximum Gasteiger partial charge on any atom is 0.420 e. The Morgan fingerprint density at radius 2 is 1.67 bits per heavy atom. The fourth-order valence-electron chi connectivity index (χ4n) is 3.93. The van der Waals surface area contributed by atoms with Crippen molar-refractivity contribution in [2.75, 3.05) is 57.1 Å². The topological polar surface area (TPSA) is 59.5 Å². The van der Waals surface area contributed by atoms with Crippen LogP contribution in [0.15, 0.2) is 36.4 Å². The summed E-state index contributed by atoms with van der Waals surface area (Å²) in [7, 11) is 4.56. The first kappa shape index (κ1) is 30.4. The van der Waals surface area contributed by atoms with Crippen LogP contribution in [0.5, 0.6) is 5.75 Å². The van der Waals surface area contributed by atoms with Crippen LogP contribution in [0.25, 0.3) is 0 Å². The predicted octanol–water partition coefficient (Wildman–Crippen LogP) is 4.83. The van der Waals surface area contributed by atoms with Crippen molar-refractivity contribution >= 4 is 34.8 Å². The van der Waals surface area contributed by atoms with Gasteiger partial charge in [-0.2, -0.15) is 26.3 Å². The van der Waals surface area contributed by atoms with Crippen molar-refractivity contribution < 1.29 is 45.4 Å². The molecule has 0 spiro atoms. The normalized spacial score (nSPS) is 15.2. The number of thiocarbonyl (C=S) groups is 1. The summed E-state index contributed by atoms with van der Waals surface area (Å²) in [5.41, 5.74) is -4.11. The molecule has 1 aliphatic heterocycles. The fraction of sp³-hybridized carbons (Fsp3) is 0.417. The van der Waals surface area contributed by atoms with Gasteiger partial charge in [0.05, 0.1) is 17.4 Å². The number of ether oxygens (including phenoxy) is 1. The van der Waals surface area contributed by atoms with Crippen LogP contribution >= 0.6 is 12.2 Å². The molecule has 15 heteroatoms. The highest BCUT2D eigenvalue weighted by atomic mass is 32.1. The molecule has 0 bridgehead atoms. The van der Waals surface area contributed by atoms with Crippen LogP contribution in [0, 0.1) is 5.82 Å². The molecule has 1 saturated heterocycles. The van der Waals surface area contributed by atoms with Crippen molar-refractivity contribution in [3.63, 3.8) is 0 Å². The number of benzene rings is 2. The average molecular weight is 583 g/mol. The number of aliphatic hydroxyl groups excluding tert-OH is 1. The standard InChI is InChI=1S/C24H25F7N4O3S/c1-32(2)12-17(36)13-34-8-9-35(21(34)39)19-11-14(23(26,27)28)10-18(24(29,30)31)20(19)38-22(37)33(3)16-6-4-15(25)5-7-16/h4-7,10-11,17,36H,8-9,12-13H2,1-3H3. The van der Waals surface area contributed by atoms with Crippen molar-refractivity contribution in [2.24, 2.45) is 0 Å². The summed E-state index contributed by atoms with van der Waals surface area (Å²) in [5.74, 6) is -1.81. The SMILES string of the molecule is CN(C)CC(O)CN1CCN(c2cc(C(F)(F)F)cc(C(F)(F)F)c2OC(=O)N(C)c2ccc(F)cc2)C1=S. The van der Waals surface area contributed by atoms with E-state index in [1.165, 1.54) is 17.0 Å². The van der Waals surface area contributed by atoms with Crippen molar-refractivity contribution in [3.8, 4) is 5.75 Å². The average Bonchev–Trinajstić information content (AvgIpc) is 3.16. The van der Waals surface area contributed by atoms with Crippen LogP contribution in [0.2, 0.25) is 0 Å². The Hall–Kier alpha value is -3.17. The summed E-state index contributed by atoms with van der Waals surface area (Å²) in [6, 6.07) is 4.64. The molecule has 0 aromatic heterocycles. The molecule has 1 fully saturated rings. The maximum atomic E-state index is 14.1. The Bertz CT molecular complexity index is 1210. The number of hydrogen-bond donors (Lipinski definition) is 1. The Kier molecular flexibility index (Phi) is 8.97. The Morgan fingerprint density at radius 3 is 2.21 bits per heavy atom. The van der Waals surface area contributed by atoms with Gasteiger partial charge < -0.3 is 24.5 Å². The quantitative estimate of drug-likeness (QED) is 0.371. The van der Waals surface area contributed by atoms with Crippen molar-refractivity contribution in [2.45, 2.75) is 18.5 Å². The number of halogens is 7. The molecule has 39 heavy (non-hydrogen) atoms. The molecule has 3 rings (SSSR count). The summed E-state index contributed by atoms with van der Waals surface area (Å²) in [5, 5.41) is 10.1. The zero-order chi connectivity index (χ0) is 29.3. The Balaban J connectivity index is 2.06. The van der Waals surface area contributed by atoms with Gasteiger partial charge in [0, 0.05) is 38.9 Å². The minimum absolute atomic E-state index is 0.0268. The van der Waals surface area contributed by atoms with E-state index in [2.05, 4.69) is 0 Å². The summed E-state index contributed by atoms with van der Waals surface area (Å²) in [6.07, 6.45) is -12.8. The first-order valence-electron chi connectivity index (χ1n) is 11.4. The molecule has 2 aromatic carbocycles. The lowest BCUT2D eigenvalue weighted by atomic mass is 10.1. The second-order valence-corrected chi connectivity index (χ2v) is 9.43. The second-order valence-electron chi connectivity index (χ2n) is 9.07. The third-order valence-electron chi connectivity index (χ3n) is 5.77. The second kappa shape index (κ2) is 11.5. The molecule has 1 amide bonds. The molecule has 1 N–H and O–H groups in total. The molecule has 1 unspecified atom stereocenters. The van der Waals surface area contributed by atoms with Gasteiger partial charge in [-0.15, -0.1) is 0 Å². The van der Waals surface area contributed by atoms with Gasteiger partial charge in [-0.05, 0) is 62.7 Å². The van der Waals surface area contributed by atoms with Crippen LogP contribution in [-0.4, -0.2) is 79.5 Å². The first-order valence-corrected chi connectivity index (χ1v) is 11.8. The number of nitrogens with zero attached hydrogens (tertiary/aromatic N) is 4. The van der Waals surface area contributed by atoms with E-state index in [1.54, 1.807) is 19.0 Å². The lowest BCUT2D eigenvalue weighted by Crippen LogP contribution is -2.40. The molecule has 2 aromatic rings. The summed E-state index contributed by atoms with van der Waals surface area (Å²) in [4.78, 5) is 17.7. The number of amides is 1. The number of anilines is 2. The highest BCUT2D eigenvalue weighted by Crippen LogP contribution is 2.47. The highest BCUT2D eigenvalue weighted by molar-refractivity contribution is 7.80. The van der Waals surface area contributed by atoms with Crippen molar-refractivity contribution in [1.82, 2.24) is 9.80 Å². The zero-order valence-electron chi connectivity index (χ0n) is 21.0. The number of rotatable bonds is 7. The number of carbonyl (C=O) groups is 1. The monoisotopic (exact) mass is 582 g/mol. The fourth-order valence-corrected chi connectivity index (χ4v) is 4.29. The number of hydrogen-bond acceptors (Lipinski definition) is 5.